The maximum atomic E-state index is 14.0. The fraction of sp³-hybridized carbons (Fsp3) is 0.0417. The van der Waals surface area contributed by atoms with Crippen LogP contribution in [0.4, 0.5) is 10.1 Å². The van der Waals surface area contributed by atoms with Crippen molar-refractivity contribution < 1.29 is 14.0 Å². The van der Waals surface area contributed by atoms with Crippen LogP contribution in [0.1, 0.15) is 37.9 Å². The summed E-state index contributed by atoms with van der Waals surface area (Å²) in [6, 6.07) is 13.3. The summed E-state index contributed by atoms with van der Waals surface area (Å²) in [7, 11) is 0. The number of halogens is 4. The Hall–Kier alpha value is -3.00. The maximum absolute atomic E-state index is 14.0. The monoisotopic (exact) mass is 543 g/mol. The molecule has 3 aromatic carbocycles. The van der Waals surface area contributed by atoms with E-state index in [-0.39, 0.29) is 11.5 Å². The number of hydrogen-bond donors (Lipinski definition) is 2. The minimum Gasteiger partial charge on any atom is -0.341 e. The van der Waals surface area contributed by atoms with Crippen molar-refractivity contribution in [1.29, 1.82) is 0 Å². The Bertz CT molecular complexity index is 1480. The van der Waals surface area contributed by atoms with Gasteiger partial charge in [-0.25, -0.2) is 4.39 Å². The Labute approximate surface area is 206 Å². The molecule has 5 rings (SSSR count). The molecule has 0 fully saturated rings. The van der Waals surface area contributed by atoms with Crippen LogP contribution in [0.25, 0.3) is 10.9 Å². The SMILES string of the molecule is O=C1NC(c2cc(F)ccc2Cl)c2c(NC(=O)c3cc(Cl)cc4cccnc34)cc(Br)cc21. The molecule has 2 amide bonds. The molecule has 1 unspecified atom stereocenters. The average molecular weight is 545 g/mol. The van der Waals surface area contributed by atoms with Gasteiger partial charge in [0, 0.05) is 48.5 Å². The zero-order chi connectivity index (χ0) is 23.3. The van der Waals surface area contributed by atoms with Crippen molar-refractivity contribution in [3.8, 4) is 0 Å². The van der Waals surface area contributed by atoms with Gasteiger partial charge in [0.2, 0.25) is 0 Å². The number of aromatic nitrogens is 1. The molecule has 1 aliphatic heterocycles. The van der Waals surface area contributed by atoms with E-state index in [2.05, 4.69) is 31.5 Å². The van der Waals surface area contributed by atoms with E-state index < -0.39 is 17.8 Å². The smallest absolute Gasteiger partial charge is 0.257 e. The number of carbonyl (C=O) groups is 2. The first kappa shape index (κ1) is 21.8. The highest BCUT2D eigenvalue weighted by Crippen LogP contribution is 2.41. The zero-order valence-corrected chi connectivity index (χ0v) is 19.7. The van der Waals surface area contributed by atoms with E-state index in [9.17, 15) is 14.0 Å². The highest BCUT2D eigenvalue weighted by molar-refractivity contribution is 9.10. The molecular formula is C24H13BrCl2FN3O2. The molecule has 0 saturated carbocycles. The summed E-state index contributed by atoms with van der Waals surface area (Å²) in [5.74, 6) is -1.30. The molecule has 164 valence electrons. The molecule has 0 aliphatic carbocycles. The van der Waals surface area contributed by atoms with E-state index in [4.69, 9.17) is 23.2 Å². The number of hydrogen-bond acceptors (Lipinski definition) is 3. The van der Waals surface area contributed by atoms with Gasteiger partial charge in [0.05, 0.1) is 17.1 Å². The second kappa shape index (κ2) is 8.41. The summed E-state index contributed by atoms with van der Waals surface area (Å²) in [6.07, 6.45) is 1.59. The molecule has 0 saturated heterocycles. The molecule has 0 radical (unpaired) electrons. The lowest BCUT2D eigenvalue weighted by Crippen LogP contribution is -2.21. The van der Waals surface area contributed by atoms with Gasteiger partial charge in [-0.15, -0.1) is 0 Å². The lowest BCUT2D eigenvalue weighted by Gasteiger charge is -2.18. The molecular weight excluding hydrogens is 532 g/mol. The van der Waals surface area contributed by atoms with Gasteiger partial charge >= 0.3 is 0 Å². The predicted molar refractivity (Wildman–Crippen MR) is 130 cm³/mol. The number of nitrogens with one attached hydrogen (secondary N) is 2. The molecule has 2 N–H and O–H groups in total. The lowest BCUT2D eigenvalue weighted by atomic mass is 9.96. The summed E-state index contributed by atoms with van der Waals surface area (Å²) < 4.78 is 14.6. The summed E-state index contributed by atoms with van der Waals surface area (Å²) >= 11 is 15.9. The first-order valence-corrected chi connectivity index (χ1v) is 11.3. The third-order valence-electron chi connectivity index (χ3n) is 5.39. The van der Waals surface area contributed by atoms with Crippen molar-refractivity contribution in [2.75, 3.05) is 5.32 Å². The molecule has 9 heteroatoms. The van der Waals surface area contributed by atoms with Gasteiger partial charge in [-0.2, -0.15) is 0 Å². The van der Waals surface area contributed by atoms with Gasteiger partial charge in [-0.1, -0.05) is 45.2 Å². The predicted octanol–water partition coefficient (Wildman–Crippen LogP) is 6.53. The van der Waals surface area contributed by atoms with Crippen LogP contribution in [0.5, 0.6) is 0 Å². The number of rotatable bonds is 3. The van der Waals surface area contributed by atoms with Gasteiger partial charge in [0.15, 0.2) is 0 Å². The van der Waals surface area contributed by atoms with Crippen LogP contribution in [-0.4, -0.2) is 16.8 Å². The maximum Gasteiger partial charge on any atom is 0.257 e. The number of nitrogens with zero attached hydrogens (tertiary/aromatic N) is 1. The van der Waals surface area contributed by atoms with Crippen molar-refractivity contribution in [3.63, 3.8) is 0 Å². The Balaban J connectivity index is 1.63. The molecule has 1 aromatic heterocycles. The normalized spacial score (nSPS) is 14.8. The van der Waals surface area contributed by atoms with Gasteiger partial charge in [0.1, 0.15) is 5.82 Å². The number of carbonyl (C=O) groups excluding carboxylic acids is 2. The molecule has 0 spiro atoms. The van der Waals surface area contributed by atoms with Crippen molar-refractivity contribution in [1.82, 2.24) is 10.3 Å². The van der Waals surface area contributed by atoms with Crippen molar-refractivity contribution in [2.45, 2.75) is 6.04 Å². The third kappa shape index (κ3) is 3.97. The largest absolute Gasteiger partial charge is 0.341 e. The van der Waals surface area contributed by atoms with E-state index in [0.717, 1.165) is 5.39 Å². The molecule has 5 nitrogen and oxygen atoms in total. The van der Waals surface area contributed by atoms with Gasteiger partial charge in [0.25, 0.3) is 11.8 Å². The third-order valence-corrected chi connectivity index (χ3v) is 6.41. The summed E-state index contributed by atoms with van der Waals surface area (Å²) in [6.45, 7) is 0. The van der Waals surface area contributed by atoms with Crippen LogP contribution in [0, 0.1) is 5.82 Å². The van der Waals surface area contributed by atoms with Gasteiger partial charge in [-0.05, 0) is 48.5 Å². The molecule has 33 heavy (non-hydrogen) atoms. The number of anilines is 1. The lowest BCUT2D eigenvalue weighted by molar-refractivity contribution is 0.0959. The van der Waals surface area contributed by atoms with Crippen LogP contribution < -0.4 is 10.6 Å². The minimum atomic E-state index is -0.742. The summed E-state index contributed by atoms with van der Waals surface area (Å²) in [5.41, 5.74) is 2.37. The van der Waals surface area contributed by atoms with E-state index in [1.807, 2.05) is 6.07 Å². The van der Waals surface area contributed by atoms with Crippen LogP contribution >= 0.6 is 39.1 Å². The minimum absolute atomic E-state index is 0.282. The van der Waals surface area contributed by atoms with Crippen molar-refractivity contribution in [2.24, 2.45) is 0 Å². The number of amides is 2. The second-order valence-electron chi connectivity index (χ2n) is 7.47. The summed E-state index contributed by atoms with van der Waals surface area (Å²) in [4.78, 5) is 30.4. The highest BCUT2D eigenvalue weighted by Gasteiger charge is 2.34. The van der Waals surface area contributed by atoms with E-state index >= 15 is 0 Å². The van der Waals surface area contributed by atoms with Crippen LogP contribution in [-0.2, 0) is 0 Å². The first-order chi connectivity index (χ1) is 15.8. The van der Waals surface area contributed by atoms with E-state index in [0.29, 0.717) is 42.4 Å². The Kier molecular flexibility index (Phi) is 5.56. The fourth-order valence-electron chi connectivity index (χ4n) is 3.99. The Morgan fingerprint density at radius 1 is 1.12 bits per heavy atom. The molecule has 4 aromatic rings. The first-order valence-electron chi connectivity index (χ1n) is 9.76. The Morgan fingerprint density at radius 3 is 2.76 bits per heavy atom. The second-order valence-corrected chi connectivity index (χ2v) is 9.23. The van der Waals surface area contributed by atoms with E-state index in [1.165, 1.54) is 24.3 Å². The van der Waals surface area contributed by atoms with E-state index in [1.54, 1.807) is 30.5 Å². The van der Waals surface area contributed by atoms with Gasteiger partial charge < -0.3 is 10.6 Å². The standard InChI is InChI=1S/C24H13BrCl2FN3O2/c25-12-7-16-20(22(31-23(16)32)15-10-14(28)3-4-18(15)27)19(8-12)30-24(33)17-9-13(26)6-11-2-1-5-29-21(11)17/h1-10,22H,(H,30,33)(H,31,32). The molecule has 0 bridgehead atoms. The van der Waals surface area contributed by atoms with Crippen LogP contribution in [0.3, 0.4) is 0 Å². The quantitative estimate of drug-likeness (QED) is 0.308. The summed E-state index contributed by atoms with van der Waals surface area (Å²) in [5, 5.41) is 7.10. The number of pyridine rings is 1. The fourth-order valence-corrected chi connectivity index (χ4v) is 4.90. The van der Waals surface area contributed by atoms with Crippen molar-refractivity contribution >= 4 is 67.5 Å². The zero-order valence-electron chi connectivity index (χ0n) is 16.6. The number of fused-ring (bicyclic) bond motifs is 2. The van der Waals surface area contributed by atoms with Crippen LogP contribution in [0.2, 0.25) is 10.0 Å². The number of benzene rings is 3. The average Bonchev–Trinajstić information content (AvgIpc) is 3.11. The molecule has 1 aliphatic rings. The van der Waals surface area contributed by atoms with Crippen molar-refractivity contribution in [3.05, 3.63) is 103 Å². The molecule has 2 heterocycles. The van der Waals surface area contributed by atoms with Gasteiger partial charge in [-0.3, -0.25) is 14.6 Å². The molecule has 1 atom stereocenters. The Morgan fingerprint density at radius 2 is 1.94 bits per heavy atom. The topological polar surface area (TPSA) is 71.1 Å². The highest BCUT2D eigenvalue weighted by atomic mass is 79.9. The van der Waals surface area contributed by atoms with Crippen LogP contribution in [0.15, 0.2) is 65.3 Å².